The van der Waals surface area contributed by atoms with E-state index >= 15 is 0 Å². The average Bonchev–Trinajstić information content (AvgIpc) is 2.88. The molecule has 0 bridgehead atoms. The fraction of sp³-hybridized carbons (Fsp3) is 0.133. The van der Waals surface area contributed by atoms with Crippen LogP contribution in [0.3, 0.4) is 0 Å². The largest absolute Gasteiger partial charge is 0.316 e. The first kappa shape index (κ1) is 15.2. The number of anilines is 1. The van der Waals surface area contributed by atoms with E-state index in [4.69, 9.17) is 16.9 Å². The zero-order chi connectivity index (χ0) is 15.4. The number of carbonyl (C=O) groups is 2. The monoisotopic (exact) mass is 318 g/mol. The lowest BCUT2D eigenvalue weighted by Crippen LogP contribution is -2.26. The molecule has 0 aliphatic carbocycles. The summed E-state index contributed by atoms with van der Waals surface area (Å²) in [4.78, 5) is 23.9. The molecule has 1 atom stereocenters. The van der Waals surface area contributed by atoms with Gasteiger partial charge in [0.25, 0.3) is 0 Å². The van der Waals surface area contributed by atoms with Crippen molar-refractivity contribution in [3.8, 4) is 16.5 Å². The van der Waals surface area contributed by atoms with Gasteiger partial charge in [0.2, 0.25) is 5.91 Å². The number of carbonyl (C=O) groups excluding carboxylic acids is 2. The lowest BCUT2D eigenvalue weighted by Gasteiger charge is -2.04. The van der Waals surface area contributed by atoms with Crippen molar-refractivity contribution >= 4 is 39.6 Å². The number of nitriles is 1. The zero-order valence-electron chi connectivity index (χ0n) is 11.1. The summed E-state index contributed by atoms with van der Waals surface area (Å²) in [5.74, 6) is -2.34. The number of Topliss-reactive ketones (excluding diaryl/α,β-unsaturated/α-hetero) is 1. The van der Waals surface area contributed by atoms with Crippen LogP contribution in [0.1, 0.15) is 6.92 Å². The van der Waals surface area contributed by atoms with Crippen molar-refractivity contribution in [1.29, 1.82) is 5.26 Å². The molecule has 0 saturated heterocycles. The molecular formula is C15H11ClN2O2S. The first-order chi connectivity index (χ1) is 10.0. The maximum atomic E-state index is 11.8. The Bertz CT molecular complexity index is 716. The zero-order valence-corrected chi connectivity index (χ0v) is 12.7. The number of nitrogens with one attached hydrogen (secondary N) is 1. The number of hydrogen-bond donors (Lipinski definition) is 1. The Morgan fingerprint density at radius 1 is 1.24 bits per heavy atom. The second-order valence-corrected chi connectivity index (χ2v) is 5.85. The molecule has 4 nitrogen and oxygen atoms in total. The molecule has 1 amide bonds. The minimum atomic E-state index is -1.27. The van der Waals surface area contributed by atoms with Crippen molar-refractivity contribution in [3.05, 3.63) is 41.4 Å². The van der Waals surface area contributed by atoms with E-state index in [-0.39, 0.29) is 0 Å². The molecule has 1 heterocycles. The van der Waals surface area contributed by atoms with Crippen LogP contribution in [0.25, 0.3) is 10.4 Å². The molecule has 1 aromatic heterocycles. The van der Waals surface area contributed by atoms with Gasteiger partial charge in [-0.2, -0.15) is 5.26 Å². The lowest BCUT2D eigenvalue weighted by molar-refractivity contribution is -0.127. The van der Waals surface area contributed by atoms with Crippen LogP contribution in [0.5, 0.6) is 0 Å². The third-order valence-electron chi connectivity index (χ3n) is 2.78. The maximum absolute atomic E-state index is 11.8. The average molecular weight is 319 g/mol. The van der Waals surface area contributed by atoms with Gasteiger partial charge in [0.05, 0.1) is 11.1 Å². The molecule has 0 fully saturated rings. The van der Waals surface area contributed by atoms with Gasteiger partial charge in [-0.3, -0.25) is 9.59 Å². The third kappa shape index (κ3) is 3.69. The summed E-state index contributed by atoms with van der Waals surface area (Å²) in [6, 6.07) is 12.6. The Morgan fingerprint density at radius 2 is 1.90 bits per heavy atom. The summed E-state index contributed by atoms with van der Waals surface area (Å²) in [7, 11) is 0. The van der Waals surface area contributed by atoms with Crippen LogP contribution in [0.4, 0.5) is 5.00 Å². The fourth-order valence-electron chi connectivity index (χ4n) is 1.70. The maximum Gasteiger partial charge on any atom is 0.249 e. The molecule has 106 valence electrons. The first-order valence-corrected chi connectivity index (χ1v) is 7.27. The smallest absolute Gasteiger partial charge is 0.249 e. The summed E-state index contributed by atoms with van der Waals surface area (Å²) < 4.78 is 0. The van der Waals surface area contributed by atoms with Crippen LogP contribution >= 0.6 is 22.9 Å². The van der Waals surface area contributed by atoms with E-state index in [0.717, 1.165) is 10.4 Å². The molecule has 1 aromatic carbocycles. The summed E-state index contributed by atoms with van der Waals surface area (Å²) >= 11 is 7.20. The van der Waals surface area contributed by atoms with Crippen LogP contribution < -0.4 is 5.32 Å². The van der Waals surface area contributed by atoms with E-state index in [9.17, 15) is 9.59 Å². The Balaban J connectivity index is 2.14. The van der Waals surface area contributed by atoms with Crippen LogP contribution in [-0.2, 0) is 9.59 Å². The van der Waals surface area contributed by atoms with Gasteiger partial charge < -0.3 is 5.32 Å². The number of rotatable bonds is 4. The standard InChI is InChI=1S/C15H11ClN2O2S/c1-9(19)12(8-17)15(20)18-14-7-6-13(21-14)10-2-4-11(16)5-3-10/h2-7,12H,1H3,(H,18,20). The number of benzene rings is 1. The van der Waals surface area contributed by atoms with Gasteiger partial charge >= 0.3 is 0 Å². The van der Waals surface area contributed by atoms with E-state index in [0.29, 0.717) is 10.0 Å². The summed E-state index contributed by atoms with van der Waals surface area (Å²) in [6.45, 7) is 1.22. The van der Waals surface area contributed by atoms with E-state index in [1.807, 2.05) is 18.2 Å². The van der Waals surface area contributed by atoms with E-state index < -0.39 is 17.6 Å². The summed E-state index contributed by atoms with van der Waals surface area (Å²) in [6.07, 6.45) is 0. The van der Waals surface area contributed by atoms with Crippen LogP contribution in [0.15, 0.2) is 36.4 Å². The highest BCUT2D eigenvalue weighted by Gasteiger charge is 2.23. The minimum absolute atomic E-state index is 0.468. The highest BCUT2D eigenvalue weighted by atomic mass is 35.5. The second-order valence-electron chi connectivity index (χ2n) is 4.33. The number of ketones is 1. The molecule has 0 saturated carbocycles. The fourth-order valence-corrected chi connectivity index (χ4v) is 2.74. The van der Waals surface area contributed by atoms with E-state index in [1.165, 1.54) is 18.3 Å². The van der Waals surface area contributed by atoms with Crippen molar-refractivity contribution in [1.82, 2.24) is 0 Å². The highest BCUT2D eigenvalue weighted by Crippen LogP contribution is 2.32. The molecule has 6 heteroatoms. The highest BCUT2D eigenvalue weighted by molar-refractivity contribution is 7.19. The molecular weight excluding hydrogens is 308 g/mol. The van der Waals surface area contributed by atoms with Crippen molar-refractivity contribution in [2.24, 2.45) is 5.92 Å². The summed E-state index contributed by atoms with van der Waals surface area (Å²) in [5, 5.41) is 12.6. The van der Waals surface area contributed by atoms with Gasteiger partial charge in [0.1, 0.15) is 0 Å². The van der Waals surface area contributed by atoms with E-state index in [2.05, 4.69) is 5.32 Å². The molecule has 0 aliphatic heterocycles. The number of amides is 1. The van der Waals surface area contributed by atoms with Gasteiger partial charge in [-0.15, -0.1) is 11.3 Å². The minimum Gasteiger partial charge on any atom is -0.316 e. The van der Waals surface area contributed by atoms with Gasteiger partial charge in [-0.25, -0.2) is 0 Å². The van der Waals surface area contributed by atoms with Crippen LogP contribution in [0, 0.1) is 17.2 Å². The first-order valence-electron chi connectivity index (χ1n) is 6.08. The predicted octanol–water partition coefficient (Wildman–Crippen LogP) is 3.74. The Morgan fingerprint density at radius 3 is 2.48 bits per heavy atom. The van der Waals surface area contributed by atoms with Gasteiger partial charge in [0, 0.05) is 9.90 Å². The van der Waals surface area contributed by atoms with E-state index in [1.54, 1.807) is 24.3 Å². The van der Waals surface area contributed by atoms with Gasteiger partial charge in [-0.05, 0) is 36.8 Å². The third-order valence-corrected chi connectivity index (χ3v) is 4.08. The Hall–Kier alpha value is -2.16. The number of hydrogen-bond acceptors (Lipinski definition) is 4. The van der Waals surface area contributed by atoms with Crippen molar-refractivity contribution in [2.75, 3.05) is 5.32 Å². The number of thiophene rings is 1. The Labute approximate surface area is 131 Å². The topological polar surface area (TPSA) is 70.0 Å². The summed E-state index contributed by atoms with van der Waals surface area (Å²) in [5.41, 5.74) is 0.980. The van der Waals surface area contributed by atoms with Gasteiger partial charge in [0.15, 0.2) is 11.7 Å². The number of halogens is 1. The SMILES string of the molecule is CC(=O)C(C#N)C(=O)Nc1ccc(-c2ccc(Cl)cc2)s1. The van der Waals surface area contributed by atoms with Crippen LogP contribution in [0.2, 0.25) is 5.02 Å². The van der Waals surface area contributed by atoms with Crippen molar-refractivity contribution in [2.45, 2.75) is 6.92 Å². The molecule has 0 radical (unpaired) electrons. The van der Waals surface area contributed by atoms with Crippen LogP contribution in [-0.4, -0.2) is 11.7 Å². The second kappa shape index (κ2) is 6.53. The molecule has 1 unspecified atom stereocenters. The molecule has 0 aliphatic rings. The van der Waals surface area contributed by atoms with Gasteiger partial charge in [-0.1, -0.05) is 23.7 Å². The molecule has 1 N–H and O–H groups in total. The quantitative estimate of drug-likeness (QED) is 0.873. The molecule has 0 spiro atoms. The van der Waals surface area contributed by atoms with Crippen molar-refractivity contribution in [3.63, 3.8) is 0 Å². The molecule has 21 heavy (non-hydrogen) atoms. The normalized spacial score (nSPS) is 11.5. The number of nitrogens with zero attached hydrogens (tertiary/aromatic N) is 1. The lowest BCUT2D eigenvalue weighted by atomic mass is 10.1. The van der Waals surface area contributed by atoms with Crippen molar-refractivity contribution < 1.29 is 9.59 Å². The predicted molar refractivity (Wildman–Crippen MR) is 83.2 cm³/mol. The molecule has 2 aromatic rings. The Kier molecular flexibility index (Phi) is 4.73. The molecule has 2 rings (SSSR count).